The SMILES string of the molecule is CCCCCC(=O)Nc1ccc(O)c(-c2nc3ccccc3o2)c1. The van der Waals surface area contributed by atoms with Gasteiger partial charge in [-0.1, -0.05) is 31.9 Å². The number of hydrogen-bond donors (Lipinski definition) is 2. The number of phenolic OH excluding ortho intramolecular Hbond substituents is 1. The van der Waals surface area contributed by atoms with Crippen molar-refractivity contribution in [3.63, 3.8) is 0 Å². The standard InChI is InChI=1S/C19H20N2O3/c1-2-3-4-9-18(23)20-13-10-11-16(22)14(12-13)19-21-15-7-5-6-8-17(15)24-19/h5-8,10-12,22H,2-4,9H2,1H3,(H,20,23). The molecule has 0 atom stereocenters. The molecule has 1 amide bonds. The first kappa shape index (κ1) is 16.1. The molecule has 3 aromatic rings. The van der Waals surface area contributed by atoms with E-state index < -0.39 is 0 Å². The predicted octanol–water partition coefficient (Wildman–Crippen LogP) is 4.72. The summed E-state index contributed by atoms with van der Waals surface area (Å²) < 4.78 is 5.69. The number of aromatic nitrogens is 1. The van der Waals surface area contributed by atoms with Gasteiger partial charge in [0, 0.05) is 12.1 Å². The number of hydrogen-bond acceptors (Lipinski definition) is 4. The van der Waals surface area contributed by atoms with E-state index in [9.17, 15) is 9.90 Å². The summed E-state index contributed by atoms with van der Waals surface area (Å²) in [6.07, 6.45) is 3.48. The summed E-state index contributed by atoms with van der Waals surface area (Å²) in [7, 11) is 0. The Bertz CT molecular complexity index is 822. The number of anilines is 1. The number of benzene rings is 2. The fourth-order valence-electron chi connectivity index (χ4n) is 2.53. The number of nitrogens with one attached hydrogen (secondary N) is 1. The number of carbonyl (C=O) groups is 1. The topological polar surface area (TPSA) is 75.4 Å². The van der Waals surface area contributed by atoms with E-state index in [0.717, 1.165) is 24.8 Å². The van der Waals surface area contributed by atoms with Gasteiger partial charge in [0.1, 0.15) is 11.3 Å². The molecule has 0 radical (unpaired) electrons. The number of carbonyl (C=O) groups excluding carboxylic acids is 1. The maximum atomic E-state index is 11.9. The normalized spacial score (nSPS) is 10.9. The van der Waals surface area contributed by atoms with Crippen molar-refractivity contribution >= 4 is 22.7 Å². The molecule has 5 nitrogen and oxygen atoms in total. The van der Waals surface area contributed by atoms with E-state index in [-0.39, 0.29) is 11.7 Å². The largest absolute Gasteiger partial charge is 0.507 e. The third-order valence-corrected chi connectivity index (χ3v) is 3.81. The highest BCUT2D eigenvalue weighted by Gasteiger charge is 2.13. The van der Waals surface area contributed by atoms with E-state index in [0.29, 0.717) is 29.1 Å². The lowest BCUT2D eigenvalue weighted by Gasteiger charge is -2.07. The van der Waals surface area contributed by atoms with Crippen molar-refractivity contribution in [2.45, 2.75) is 32.6 Å². The highest BCUT2D eigenvalue weighted by molar-refractivity contribution is 5.91. The molecule has 1 heterocycles. The van der Waals surface area contributed by atoms with Gasteiger partial charge in [0.05, 0.1) is 5.56 Å². The number of rotatable bonds is 6. The molecule has 24 heavy (non-hydrogen) atoms. The lowest BCUT2D eigenvalue weighted by atomic mass is 10.1. The maximum absolute atomic E-state index is 11.9. The zero-order valence-corrected chi connectivity index (χ0v) is 13.6. The quantitative estimate of drug-likeness (QED) is 0.508. The summed E-state index contributed by atoms with van der Waals surface area (Å²) in [5.74, 6) is 0.360. The number of unbranched alkanes of at least 4 members (excludes halogenated alkanes) is 2. The first-order valence-electron chi connectivity index (χ1n) is 8.16. The van der Waals surface area contributed by atoms with Gasteiger partial charge in [-0.05, 0) is 36.8 Å². The summed E-state index contributed by atoms with van der Waals surface area (Å²) >= 11 is 0. The number of nitrogens with zero attached hydrogens (tertiary/aromatic N) is 1. The van der Waals surface area contributed by atoms with Crippen LogP contribution >= 0.6 is 0 Å². The number of phenols is 1. The van der Waals surface area contributed by atoms with Gasteiger partial charge in [-0.15, -0.1) is 0 Å². The molecule has 0 bridgehead atoms. The molecule has 0 aliphatic rings. The fourth-order valence-corrected chi connectivity index (χ4v) is 2.53. The Kier molecular flexibility index (Phi) is 4.79. The molecule has 3 rings (SSSR count). The van der Waals surface area contributed by atoms with Crippen LogP contribution < -0.4 is 5.32 Å². The van der Waals surface area contributed by atoms with E-state index in [4.69, 9.17) is 4.42 Å². The van der Waals surface area contributed by atoms with Gasteiger partial charge >= 0.3 is 0 Å². The van der Waals surface area contributed by atoms with Gasteiger partial charge in [0.15, 0.2) is 5.58 Å². The number of fused-ring (bicyclic) bond motifs is 1. The van der Waals surface area contributed by atoms with E-state index in [2.05, 4.69) is 17.2 Å². The molecule has 0 spiro atoms. The molecule has 0 aliphatic carbocycles. The second-order valence-corrected chi connectivity index (χ2v) is 5.72. The average molecular weight is 324 g/mol. The summed E-state index contributed by atoms with van der Waals surface area (Å²) in [6, 6.07) is 12.3. The number of para-hydroxylation sites is 2. The summed E-state index contributed by atoms with van der Waals surface area (Å²) in [4.78, 5) is 16.3. The fraction of sp³-hybridized carbons (Fsp3) is 0.263. The first-order chi connectivity index (χ1) is 11.7. The Hall–Kier alpha value is -2.82. The third-order valence-electron chi connectivity index (χ3n) is 3.81. The average Bonchev–Trinajstić information content (AvgIpc) is 3.00. The van der Waals surface area contributed by atoms with Crippen LogP contribution in [0.3, 0.4) is 0 Å². The molecule has 2 N–H and O–H groups in total. The van der Waals surface area contributed by atoms with Crippen LogP contribution in [-0.4, -0.2) is 16.0 Å². The van der Waals surface area contributed by atoms with E-state index >= 15 is 0 Å². The van der Waals surface area contributed by atoms with Crippen molar-refractivity contribution in [3.8, 4) is 17.2 Å². The molecule has 0 fully saturated rings. The van der Waals surface area contributed by atoms with Crippen molar-refractivity contribution in [1.82, 2.24) is 4.98 Å². The predicted molar refractivity (Wildman–Crippen MR) is 93.9 cm³/mol. The van der Waals surface area contributed by atoms with E-state index in [1.54, 1.807) is 12.1 Å². The maximum Gasteiger partial charge on any atom is 0.231 e. The first-order valence-corrected chi connectivity index (χ1v) is 8.16. The molecule has 1 aromatic heterocycles. The van der Waals surface area contributed by atoms with Crippen molar-refractivity contribution in [2.75, 3.05) is 5.32 Å². The van der Waals surface area contributed by atoms with Crippen molar-refractivity contribution in [2.24, 2.45) is 0 Å². The van der Waals surface area contributed by atoms with Gasteiger partial charge in [0.2, 0.25) is 11.8 Å². The van der Waals surface area contributed by atoms with Crippen LogP contribution in [0.2, 0.25) is 0 Å². The van der Waals surface area contributed by atoms with E-state index in [1.807, 2.05) is 24.3 Å². The highest BCUT2D eigenvalue weighted by atomic mass is 16.3. The summed E-state index contributed by atoms with van der Waals surface area (Å²) in [5.41, 5.74) is 2.45. The summed E-state index contributed by atoms with van der Waals surface area (Å²) in [6.45, 7) is 2.10. The minimum Gasteiger partial charge on any atom is -0.507 e. The van der Waals surface area contributed by atoms with E-state index in [1.165, 1.54) is 6.07 Å². The van der Waals surface area contributed by atoms with Crippen LogP contribution in [-0.2, 0) is 4.79 Å². The van der Waals surface area contributed by atoms with Gasteiger partial charge in [-0.3, -0.25) is 4.79 Å². The Morgan fingerprint density at radius 3 is 2.83 bits per heavy atom. The van der Waals surface area contributed by atoms with Gasteiger partial charge in [-0.2, -0.15) is 0 Å². The van der Waals surface area contributed by atoms with Crippen LogP contribution in [0.5, 0.6) is 5.75 Å². The number of oxazole rings is 1. The Balaban J connectivity index is 1.82. The molecule has 0 unspecified atom stereocenters. The molecule has 124 valence electrons. The lowest BCUT2D eigenvalue weighted by molar-refractivity contribution is -0.116. The highest BCUT2D eigenvalue weighted by Crippen LogP contribution is 2.33. The van der Waals surface area contributed by atoms with Crippen LogP contribution in [0, 0.1) is 0 Å². The van der Waals surface area contributed by atoms with Gasteiger partial charge in [0.25, 0.3) is 0 Å². The number of aromatic hydroxyl groups is 1. The van der Waals surface area contributed by atoms with Crippen LogP contribution in [0.4, 0.5) is 5.69 Å². The van der Waals surface area contributed by atoms with Crippen LogP contribution in [0.15, 0.2) is 46.9 Å². The molecule has 0 saturated heterocycles. The second-order valence-electron chi connectivity index (χ2n) is 5.72. The number of amides is 1. The second kappa shape index (κ2) is 7.17. The molecule has 0 aliphatic heterocycles. The lowest BCUT2D eigenvalue weighted by Crippen LogP contribution is -2.11. The smallest absolute Gasteiger partial charge is 0.231 e. The van der Waals surface area contributed by atoms with Gasteiger partial charge < -0.3 is 14.8 Å². The zero-order chi connectivity index (χ0) is 16.9. The zero-order valence-electron chi connectivity index (χ0n) is 13.6. The minimum atomic E-state index is -0.0299. The Labute approximate surface area is 140 Å². The molecule has 5 heteroatoms. The molecular weight excluding hydrogens is 304 g/mol. The monoisotopic (exact) mass is 324 g/mol. The third kappa shape index (κ3) is 3.56. The molecule has 2 aromatic carbocycles. The Morgan fingerprint density at radius 1 is 1.21 bits per heavy atom. The van der Waals surface area contributed by atoms with Crippen molar-refractivity contribution in [3.05, 3.63) is 42.5 Å². The van der Waals surface area contributed by atoms with Gasteiger partial charge in [-0.25, -0.2) is 4.98 Å². The van der Waals surface area contributed by atoms with Crippen LogP contribution in [0.25, 0.3) is 22.6 Å². The molecule has 0 saturated carbocycles. The van der Waals surface area contributed by atoms with Crippen LogP contribution in [0.1, 0.15) is 32.6 Å². The van der Waals surface area contributed by atoms with Crippen molar-refractivity contribution < 1.29 is 14.3 Å². The Morgan fingerprint density at radius 2 is 2.04 bits per heavy atom. The van der Waals surface area contributed by atoms with Crippen molar-refractivity contribution in [1.29, 1.82) is 0 Å². The molecular formula is C19H20N2O3. The minimum absolute atomic E-state index is 0.0299. The summed E-state index contributed by atoms with van der Waals surface area (Å²) in [5, 5.41) is 13.0.